The van der Waals surface area contributed by atoms with Crippen LogP contribution in [0.15, 0.2) is 22.9 Å². The van der Waals surface area contributed by atoms with Gasteiger partial charge in [0.15, 0.2) is 0 Å². The lowest BCUT2D eigenvalue weighted by atomic mass is 10.0. The minimum absolute atomic E-state index is 0.0435. The SMILES string of the molecule is CCCC(CN)C(=O)Nc1cccnc1Br. The van der Waals surface area contributed by atoms with E-state index in [-0.39, 0.29) is 11.8 Å². The molecule has 0 aromatic carbocycles. The number of rotatable bonds is 5. The summed E-state index contributed by atoms with van der Waals surface area (Å²) in [7, 11) is 0. The molecule has 0 aliphatic rings. The Hall–Kier alpha value is -0.940. The molecule has 1 heterocycles. The number of nitrogens with zero attached hydrogens (tertiary/aromatic N) is 1. The van der Waals surface area contributed by atoms with Crippen molar-refractivity contribution in [2.45, 2.75) is 19.8 Å². The average Bonchev–Trinajstić information content (AvgIpc) is 2.29. The topological polar surface area (TPSA) is 68.0 Å². The maximum atomic E-state index is 11.8. The smallest absolute Gasteiger partial charge is 0.228 e. The van der Waals surface area contributed by atoms with Gasteiger partial charge in [-0.2, -0.15) is 0 Å². The number of carbonyl (C=O) groups excluding carboxylic acids is 1. The molecule has 4 nitrogen and oxygen atoms in total. The fraction of sp³-hybridized carbons (Fsp3) is 0.455. The molecular weight excluding hydrogens is 270 g/mol. The van der Waals surface area contributed by atoms with Crippen molar-refractivity contribution in [3.63, 3.8) is 0 Å². The van der Waals surface area contributed by atoms with Crippen LogP contribution in [0.2, 0.25) is 0 Å². The molecule has 16 heavy (non-hydrogen) atoms. The Balaban J connectivity index is 2.66. The number of aromatic nitrogens is 1. The lowest BCUT2D eigenvalue weighted by molar-refractivity contribution is -0.119. The third-order valence-corrected chi connectivity index (χ3v) is 2.94. The molecule has 0 spiro atoms. The van der Waals surface area contributed by atoms with Crippen molar-refractivity contribution in [1.82, 2.24) is 4.98 Å². The molecule has 1 aromatic rings. The van der Waals surface area contributed by atoms with Crippen LogP contribution in [-0.4, -0.2) is 17.4 Å². The molecule has 0 radical (unpaired) electrons. The summed E-state index contributed by atoms with van der Waals surface area (Å²) in [6, 6.07) is 3.58. The third-order valence-electron chi connectivity index (χ3n) is 2.31. The van der Waals surface area contributed by atoms with E-state index < -0.39 is 0 Å². The highest BCUT2D eigenvalue weighted by molar-refractivity contribution is 9.10. The minimum atomic E-state index is -0.128. The van der Waals surface area contributed by atoms with Crippen molar-refractivity contribution < 1.29 is 4.79 Å². The summed E-state index contributed by atoms with van der Waals surface area (Å²) in [6.45, 7) is 2.41. The fourth-order valence-corrected chi connectivity index (χ4v) is 1.77. The average molecular weight is 286 g/mol. The lowest BCUT2D eigenvalue weighted by Crippen LogP contribution is -2.29. The molecule has 0 bridgehead atoms. The summed E-state index contributed by atoms with van der Waals surface area (Å²) < 4.78 is 0.635. The van der Waals surface area contributed by atoms with Crippen molar-refractivity contribution in [3.8, 4) is 0 Å². The van der Waals surface area contributed by atoms with E-state index in [1.165, 1.54) is 0 Å². The van der Waals surface area contributed by atoms with Crippen LogP contribution in [0.25, 0.3) is 0 Å². The number of halogens is 1. The molecule has 1 amide bonds. The van der Waals surface area contributed by atoms with E-state index in [0.29, 0.717) is 16.8 Å². The van der Waals surface area contributed by atoms with Crippen molar-refractivity contribution in [3.05, 3.63) is 22.9 Å². The number of pyridine rings is 1. The largest absolute Gasteiger partial charge is 0.330 e. The van der Waals surface area contributed by atoms with E-state index in [0.717, 1.165) is 12.8 Å². The molecule has 3 N–H and O–H groups in total. The van der Waals surface area contributed by atoms with Crippen LogP contribution >= 0.6 is 15.9 Å². The maximum absolute atomic E-state index is 11.8. The van der Waals surface area contributed by atoms with Gasteiger partial charge in [-0.1, -0.05) is 13.3 Å². The summed E-state index contributed by atoms with van der Waals surface area (Å²) in [5.41, 5.74) is 6.25. The number of hydrogen-bond acceptors (Lipinski definition) is 3. The van der Waals surface area contributed by atoms with Crippen molar-refractivity contribution in [2.24, 2.45) is 11.7 Å². The highest BCUT2D eigenvalue weighted by Crippen LogP contribution is 2.19. The second-order valence-electron chi connectivity index (χ2n) is 3.55. The van der Waals surface area contributed by atoms with E-state index in [1.807, 2.05) is 6.92 Å². The number of nitrogens with one attached hydrogen (secondary N) is 1. The second-order valence-corrected chi connectivity index (χ2v) is 4.30. The van der Waals surface area contributed by atoms with E-state index >= 15 is 0 Å². The summed E-state index contributed by atoms with van der Waals surface area (Å²) in [5.74, 6) is -0.171. The van der Waals surface area contributed by atoms with E-state index in [1.54, 1.807) is 18.3 Å². The first-order valence-electron chi connectivity index (χ1n) is 5.30. The zero-order valence-corrected chi connectivity index (χ0v) is 10.8. The Bertz CT molecular complexity index is 357. The zero-order valence-electron chi connectivity index (χ0n) is 9.24. The Kier molecular flexibility index (Phi) is 5.42. The van der Waals surface area contributed by atoms with Gasteiger partial charge in [0.1, 0.15) is 4.60 Å². The van der Waals surface area contributed by atoms with Crippen LogP contribution in [0.4, 0.5) is 5.69 Å². The van der Waals surface area contributed by atoms with Gasteiger partial charge >= 0.3 is 0 Å². The second kappa shape index (κ2) is 6.60. The highest BCUT2D eigenvalue weighted by atomic mass is 79.9. The van der Waals surface area contributed by atoms with E-state index in [2.05, 4.69) is 26.2 Å². The zero-order chi connectivity index (χ0) is 12.0. The molecule has 1 rings (SSSR count). The fourth-order valence-electron chi connectivity index (χ4n) is 1.42. The van der Waals surface area contributed by atoms with Crippen LogP contribution in [0.3, 0.4) is 0 Å². The van der Waals surface area contributed by atoms with Gasteiger partial charge in [0.25, 0.3) is 0 Å². The van der Waals surface area contributed by atoms with Crippen molar-refractivity contribution in [2.75, 3.05) is 11.9 Å². The number of carbonyl (C=O) groups is 1. The standard InChI is InChI=1S/C11H16BrN3O/c1-2-4-8(7-13)11(16)15-9-5-3-6-14-10(9)12/h3,5-6,8H,2,4,7,13H2,1H3,(H,15,16). The van der Waals surface area contributed by atoms with Crippen molar-refractivity contribution in [1.29, 1.82) is 0 Å². The molecule has 0 saturated heterocycles. The monoisotopic (exact) mass is 285 g/mol. The number of nitrogens with two attached hydrogens (primary N) is 1. The van der Waals surface area contributed by atoms with Gasteiger partial charge in [0.2, 0.25) is 5.91 Å². The molecule has 88 valence electrons. The van der Waals surface area contributed by atoms with Gasteiger partial charge in [0.05, 0.1) is 11.6 Å². The number of amides is 1. The molecule has 0 aliphatic carbocycles. The van der Waals surface area contributed by atoms with Gasteiger partial charge in [-0.25, -0.2) is 4.98 Å². The van der Waals surface area contributed by atoms with E-state index in [4.69, 9.17) is 5.73 Å². The van der Waals surface area contributed by atoms with Crippen LogP contribution in [0.1, 0.15) is 19.8 Å². The molecule has 1 unspecified atom stereocenters. The predicted octanol–water partition coefficient (Wildman–Crippen LogP) is 2.16. The highest BCUT2D eigenvalue weighted by Gasteiger charge is 2.16. The predicted molar refractivity (Wildman–Crippen MR) is 68.0 cm³/mol. The molecule has 0 aliphatic heterocycles. The molecule has 1 aromatic heterocycles. The normalized spacial score (nSPS) is 12.2. The Morgan fingerprint density at radius 1 is 1.69 bits per heavy atom. The van der Waals surface area contributed by atoms with Crippen LogP contribution < -0.4 is 11.1 Å². The van der Waals surface area contributed by atoms with Gasteiger partial charge in [-0.3, -0.25) is 4.79 Å². The lowest BCUT2D eigenvalue weighted by Gasteiger charge is -2.14. The summed E-state index contributed by atoms with van der Waals surface area (Å²) in [6.07, 6.45) is 3.41. The van der Waals surface area contributed by atoms with Crippen molar-refractivity contribution >= 4 is 27.5 Å². The molecule has 1 atom stereocenters. The maximum Gasteiger partial charge on any atom is 0.228 e. The quantitative estimate of drug-likeness (QED) is 0.815. The Morgan fingerprint density at radius 3 is 3.00 bits per heavy atom. The minimum Gasteiger partial charge on any atom is -0.330 e. The van der Waals surface area contributed by atoms with Gasteiger partial charge in [0, 0.05) is 12.7 Å². The first-order chi connectivity index (χ1) is 7.69. The third kappa shape index (κ3) is 3.57. The van der Waals surface area contributed by atoms with Gasteiger partial charge in [-0.15, -0.1) is 0 Å². The van der Waals surface area contributed by atoms with Crippen LogP contribution in [0, 0.1) is 5.92 Å². The summed E-state index contributed by atoms with van der Waals surface area (Å²) >= 11 is 3.28. The summed E-state index contributed by atoms with van der Waals surface area (Å²) in [5, 5.41) is 2.82. The number of anilines is 1. The first kappa shape index (κ1) is 13.1. The van der Waals surface area contributed by atoms with Gasteiger partial charge < -0.3 is 11.1 Å². The first-order valence-corrected chi connectivity index (χ1v) is 6.09. The Morgan fingerprint density at radius 2 is 2.44 bits per heavy atom. The molecule has 0 fully saturated rings. The Labute approximate surface area is 104 Å². The summed E-state index contributed by atoms with van der Waals surface area (Å²) in [4.78, 5) is 15.9. The van der Waals surface area contributed by atoms with Gasteiger partial charge in [-0.05, 0) is 34.5 Å². The van der Waals surface area contributed by atoms with Crippen LogP contribution in [-0.2, 0) is 4.79 Å². The van der Waals surface area contributed by atoms with Crippen LogP contribution in [0.5, 0.6) is 0 Å². The number of hydrogen-bond donors (Lipinski definition) is 2. The molecule has 0 saturated carbocycles. The molecule has 5 heteroatoms. The van der Waals surface area contributed by atoms with E-state index in [9.17, 15) is 4.79 Å². The molecular formula is C11H16BrN3O.